The van der Waals surface area contributed by atoms with Crippen LogP contribution in [0.15, 0.2) is 24.8 Å². The molecule has 7 nitrogen and oxygen atoms in total. The molecule has 1 atom stereocenters. The fourth-order valence-corrected chi connectivity index (χ4v) is 1.72. The number of aromatic nitrogens is 5. The van der Waals surface area contributed by atoms with Crippen molar-refractivity contribution in [2.24, 2.45) is 0 Å². The smallest absolute Gasteiger partial charge is 0.146 e. The maximum atomic E-state index is 9.81. The molecule has 7 heteroatoms. The van der Waals surface area contributed by atoms with Crippen LogP contribution in [0.5, 0.6) is 0 Å². The van der Waals surface area contributed by atoms with Crippen LogP contribution in [0.2, 0.25) is 0 Å². The van der Waals surface area contributed by atoms with Crippen LogP contribution < -0.4 is 5.32 Å². The lowest BCUT2D eigenvalue weighted by atomic mass is 10.3. The van der Waals surface area contributed by atoms with Crippen molar-refractivity contribution in [3.63, 3.8) is 0 Å². The Bertz CT molecular complexity index is 452. The predicted octanol–water partition coefficient (Wildman–Crippen LogP) is -0.355. The van der Waals surface area contributed by atoms with E-state index in [0.29, 0.717) is 19.6 Å². The summed E-state index contributed by atoms with van der Waals surface area (Å²) in [7, 11) is 0. The number of nitrogens with one attached hydrogen (secondary N) is 1. The van der Waals surface area contributed by atoms with Crippen LogP contribution in [0.3, 0.4) is 0 Å². The Kier molecular flexibility index (Phi) is 4.43. The third kappa shape index (κ3) is 3.38. The van der Waals surface area contributed by atoms with E-state index in [1.807, 2.05) is 23.8 Å². The molecule has 0 aromatic carbocycles. The third-order valence-corrected chi connectivity index (χ3v) is 2.66. The zero-order valence-electron chi connectivity index (χ0n) is 10.4. The van der Waals surface area contributed by atoms with E-state index >= 15 is 0 Å². The minimum absolute atomic E-state index is 0.470. The van der Waals surface area contributed by atoms with Crippen LogP contribution in [0, 0.1) is 0 Å². The summed E-state index contributed by atoms with van der Waals surface area (Å²) in [5.41, 5.74) is 0. The van der Waals surface area contributed by atoms with E-state index in [1.165, 1.54) is 0 Å². The van der Waals surface area contributed by atoms with Crippen molar-refractivity contribution in [3.05, 3.63) is 30.6 Å². The highest BCUT2D eigenvalue weighted by molar-refractivity contribution is 4.85. The molecule has 2 aromatic rings. The van der Waals surface area contributed by atoms with Crippen LogP contribution in [-0.4, -0.2) is 42.3 Å². The van der Waals surface area contributed by atoms with Crippen molar-refractivity contribution in [2.75, 3.05) is 6.54 Å². The van der Waals surface area contributed by atoms with Crippen LogP contribution in [0.4, 0.5) is 0 Å². The first-order chi connectivity index (χ1) is 8.79. The van der Waals surface area contributed by atoms with Crippen LogP contribution in [0.1, 0.15) is 12.7 Å². The molecule has 0 aliphatic carbocycles. The minimum atomic E-state index is -0.470. The summed E-state index contributed by atoms with van der Waals surface area (Å²) >= 11 is 0. The maximum absolute atomic E-state index is 9.81. The average molecular weight is 250 g/mol. The SMILES string of the molecule is CCn1cnnc1CNCC(O)Cn1cccn1. The Hall–Kier alpha value is -1.73. The number of aliphatic hydroxyl groups excluding tert-OH is 1. The molecule has 0 fully saturated rings. The molecule has 0 saturated carbocycles. The fraction of sp³-hybridized carbons (Fsp3) is 0.545. The lowest BCUT2D eigenvalue weighted by Crippen LogP contribution is -2.30. The molecule has 0 radical (unpaired) electrons. The first-order valence-electron chi connectivity index (χ1n) is 6.02. The van der Waals surface area contributed by atoms with Gasteiger partial charge >= 0.3 is 0 Å². The van der Waals surface area contributed by atoms with E-state index in [0.717, 1.165) is 12.4 Å². The first-order valence-corrected chi connectivity index (χ1v) is 6.02. The van der Waals surface area contributed by atoms with Gasteiger partial charge in [-0.05, 0) is 13.0 Å². The Morgan fingerprint density at radius 1 is 1.50 bits per heavy atom. The second kappa shape index (κ2) is 6.27. The second-order valence-electron chi connectivity index (χ2n) is 4.05. The molecular weight excluding hydrogens is 232 g/mol. The number of hydrogen-bond donors (Lipinski definition) is 2. The van der Waals surface area contributed by atoms with Gasteiger partial charge in [-0.15, -0.1) is 10.2 Å². The highest BCUT2D eigenvalue weighted by Gasteiger charge is 2.06. The van der Waals surface area contributed by atoms with Crippen molar-refractivity contribution >= 4 is 0 Å². The molecule has 98 valence electrons. The Balaban J connectivity index is 1.72. The average Bonchev–Trinajstić information content (AvgIpc) is 3.00. The normalized spacial score (nSPS) is 12.8. The summed E-state index contributed by atoms with van der Waals surface area (Å²) < 4.78 is 3.67. The molecule has 2 heterocycles. The fourth-order valence-electron chi connectivity index (χ4n) is 1.72. The highest BCUT2D eigenvalue weighted by atomic mass is 16.3. The molecule has 0 spiro atoms. The van der Waals surface area contributed by atoms with Gasteiger partial charge in [0.25, 0.3) is 0 Å². The molecular formula is C11H18N6O. The quantitative estimate of drug-likeness (QED) is 0.701. The summed E-state index contributed by atoms with van der Waals surface area (Å²) in [6.07, 6.45) is 4.76. The summed E-state index contributed by atoms with van der Waals surface area (Å²) in [6, 6.07) is 1.84. The standard InChI is InChI=1S/C11H18N6O/c1-2-16-9-13-15-11(16)7-12-6-10(18)8-17-5-3-4-14-17/h3-5,9-10,12,18H,2,6-8H2,1H3. The second-order valence-corrected chi connectivity index (χ2v) is 4.05. The molecule has 0 amide bonds. The lowest BCUT2D eigenvalue weighted by molar-refractivity contribution is 0.146. The van der Waals surface area contributed by atoms with E-state index in [2.05, 4.69) is 20.6 Å². The number of nitrogens with zero attached hydrogens (tertiary/aromatic N) is 5. The molecule has 2 N–H and O–H groups in total. The van der Waals surface area contributed by atoms with Gasteiger partial charge in [0.05, 0.1) is 19.2 Å². The van der Waals surface area contributed by atoms with E-state index in [9.17, 15) is 5.11 Å². The molecule has 0 aliphatic rings. The van der Waals surface area contributed by atoms with Gasteiger partial charge in [0.15, 0.2) is 0 Å². The van der Waals surface area contributed by atoms with Crippen molar-refractivity contribution in [1.82, 2.24) is 29.9 Å². The first kappa shape index (κ1) is 12.7. The van der Waals surface area contributed by atoms with Gasteiger partial charge in [0.1, 0.15) is 12.2 Å². The zero-order valence-corrected chi connectivity index (χ0v) is 10.4. The number of hydrogen-bond acceptors (Lipinski definition) is 5. The largest absolute Gasteiger partial charge is 0.390 e. The molecule has 18 heavy (non-hydrogen) atoms. The third-order valence-electron chi connectivity index (χ3n) is 2.66. The zero-order chi connectivity index (χ0) is 12.8. The van der Waals surface area contributed by atoms with Crippen molar-refractivity contribution in [2.45, 2.75) is 32.7 Å². The summed E-state index contributed by atoms with van der Waals surface area (Å²) in [5.74, 6) is 0.879. The van der Waals surface area contributed by atoms with E-state index in [4.69, 9.17) is 0 Å². The molecule has 2 rings (SSSR count). The molecule has 0 aliphatic heterocycles. The van der Waals surface area contributed by atoms with Crippen LogP contribution >= 0.6 is 0 Å². The van der Waals surface area contributed by atoms with Crippen molar-refractivity contribution in [3.8, 4) is 0 Å². The van der Waals surface area contributed by atoms with Gasteiger partial charge < -0.3 is 15.0 Å². The topological polar surface area (TPSA) is 80.8 Å². The van der Waals surface area contributed by atoms with Crippen LogP contribution in [-0.2, 0) is 19.6 Å². The van der Waals surface area contributed by atoms with Gasteiger partial charge in [0.2, 0.25) is 0 Å². The van der Waals surface area contributed by atoms with Crippen LogP contribution in [0.25, 0.3) is 0 Å². The molecule has 2 aromatic heterocycles. The Labute approximate surface area is 105 Å². The van der Waals surface area contributed by atoms with Crippen molar-refractivity contribution < 1.29 is 5.11 Å². The number of rotatable bonds is 7. The Morgan fingerprint density at radius 2 is 2.39 bits per heavy atom. The van der Waals surface area contributed by atoms with Gasteiger partial charge in [0, 0.05) is 25.5 Å². The number of aryl methyl sites for hydroxylation is 1. The van der Waals surface area contributed by atoms with Crippen molar-refractivity contribution in [1.29, 1.82) is 0 Å². The lowest BCUT2D eigenvalue weighted by Gasteiger charge is -2.11. The summed E-state index contributed by atoms with van der Waals surface area (Å²) in [6.45, 7) is 4.47. The monoisotopic (exact) mass is 250 g/mol. The predicted molar refractivity (Wildman–Crippen MR) is 65.6 cm³/mol. The number of aliphatic hydroxyl groups is 1. The molecule has 0 saturated heterocycles. The Morgan fingerprint density at radius 3 is 3.11 bits per heavy atom. The van der Waals surface area contributed by atoms with E-state index < -0.39 is 6.10 Å². The van der Waals surface area contributed by atoms with E-state index in [-0.39, 0.29) is 0 Å². The van der Waals surface area contributed by atoms with Gasteiger partial charge in [-0.2, -0.15) is 5.10 Å². The van der Waals surface area contributed by atoms with Gasteiger partial charge in [-0.25, -0.2) is 0 Å². The van der Waals surface area contributed by atoms with Gasteiger partial charge in [-0.3, -0.25) is 4.68 Å². The molecule has 1 unspecified atom stereocenters. The van der Waals surface area contributed by atoms with E-state index in [1.54, 1.807) is 17.2 Å². The summed E-state index contributed by atoms with van der Waals surface area (Å²) in [5, 5.41) is 24.9. The summed E-state index contributed by atoms with van der Waals surface area (Å²) in [4.78, 5) is 0. The maximum Gasteiger partial charge on any atom is 0.146 e. The van der Waals surface area contributed by atoms with Gasteiger partial charge in [-0.1, -0.05) is 0 Å². The molecule has 0 bridgehead atoms. The highest BCUT2D eigenvalue weighted by Crippen LogP contribution is 1.95. The minimum Gasteiger partial charge on any atom is -0.390 e.